The minimum Gasteiger partial charge on any atom is -0.466 e. The van der Waals surface area contributed by atoms with E-state index in [9.17, 15) is 4.79 Å². The summed E-state index contributed by atoms with van der Waals surface area (Å²) < 4.78 is 5.47. The number of hydrogen-bond donors (Lipinski definition) is 1. The molecule has 156 valence electrons. The standard InChI is InChI=1S/C23H26N4O2S/c1-16-12-20(17(2)29-16)23(28)25-19-8-10-27(11-9-19)21-13-24-14-22(26-21)30-15-18-6-4-3-5-7-18/h3-7,12-14,19H,8-11,15H2,1-2H3,(H,25,28). The number of benzene rings is 1. The Hall–Kier alpha value is -2.80. The molecule has 0 unspecified atom stereocenters. The summed E-state index contributed by atoms with van der Waals surface area (Å²) in [5.41, 5.74) is 1.90. The van der Waals surface area contributed by atoms with E-state index in [1.54, 1.807) is 17.8 Å². The number of anilines is 1. The molecular formula is C23H26N4O2S. The third-order valence-electron chi connectivity index (χ3n) is 5.27. The molecule has 2 aromatic heterocycles. The Kier molecular flexibility index (Phi) is 6.38. The average Bonchev–Trinajstić information content (AvgIpc) is 3.12. The molecule has 0 spiro atoms. The van der Waals surface area contributed by atoms with Gasteiger partial charge in [-0.05, 0) is 38.3 Å². The lowest BCUT2D eigenvalue weighted by molar-refractivity contribution is 0.0929. The summed E-state index contributed by atoms with van der Waals surface area (Å²) in [5.74, 6) is 3.15. The van der Waals surface area contributed by atoms with Crippen LogP contribution in [-0.4, -0.2) is 35.0 Å². The van der Waals surface area contributed by atoms with Gasteiger partial charge < -0.3 is 14.6 Å². The van der Waals surface area contributed by atoms with E-state index >= 15 is 0 Å². The zero-order valence-electron chi connectivity index (χ0n) is 17.3. The second-order valence-corrected chi connectivity index (χ2v) is 8.55. The van der Waals surface area contributed by atoms with E-state index in [4.69, 9.17) is 9.40 Å². The second-order valence-electron chi connectivity index (χ2n) is 7.55. The summed E-state index contributed by atoms with van der Waals surface area (Å²) in [5, 5.41) is 4.07. The van der Waals surface area contributed by atoms with Crippen molar-refractivity contribution >= 4 is 23.5 Å². The van der Waals surface area contributed by atoms with Crippen LogP contribution in [0, 0.1) is 13.8 Å². The molecule has 1 aromatic carbocycles. The van der Waals surface area contributed by atoms with Crippen LogP contribution in [0.2, 0.25) is 0 Å². The highest BCUT2D eigenvalue weighted by Gasteiger charge is 2.23. The molecule has 30 heavy (non-hydrogen) atoms. The first-order valence-corrected chi connectivity index (χ1v) is 11.2. The van der Waals surface area contributed by atoms with Crippen LogP contribution in [0.3, 0.4) is 0 Å². The van der Waals surface area contributed by atoms with Crippen molar-refractivity contribution in [2.45, 2.75) is 43.5 Å². The number of amides is 1. The van der Waals surface area contributed by atoms with E-state index in [-0.39, 0.29) is 11.9 Å². The summed E-state index contributed by atoms with van der Waals surface area (Å²) >= 11 is 1.70. The van der Waals surface area contributed by atoms with Crippen molar-refractivity contribution in [3.05, 3.63) is 71.4 Å². The molecule has 0 aliphatic carbocycles. The van der Waals surface area contributed by atoms with Gasteiger partial charge in [-0.25, -0.2) is 4.98 Å². The highest BCUT2D eigenvalue weighted by atomic mass is 32.2. The van der Waals surface area contributed by atoms with Gasteiger partial charge in [0.25, 0.3) is 5.91 Å². The van der Waals surface area contributed by atoms with E-state index in [1.165, 1.54) is 5.56 Å². The molecule has 3 heterocycles. The normalized spacial score (nSPS) is 14.7. The zero-order chi connectivity index (χ0) is 20.9. The molecule has 0 bridgehead atoms. The molecule has 4 rings (SSSR count). The fourth-order valence-electron chi connectivity index (χ4n) is 3.66. The number of carbonyl (C=O) groups is 1. The smallest absolute Gasteiger partial charge is 0.255 e. The van der Waals surface area contributed by atoms with E-state index < -0.39 is 0 Å². The van der Waals surface area contributed by atoms with Crippen LogP contribution in [-0.2, 0) is 5.75 Å². The summed E-state index contributed by atoms with van der Waals surface area (Å²) in [6, 6.07) is 12.3. The maximum absolute atomic E-state index is 12.5. The molecule has 0 saturated carbocycles. The molecule has 3 aromatic rings. The third kappa shape index (κ3) is 5.02. The predicted molar refractivity (Wildman–Crippen MR) is 119 cm³/mol. The molecule has 6 nitrogen and oxygen atoms in total. The fourth-order valence-corrected chi connectivity index (χ4v) is 4.46. The van der Waals surface area contributed by atoms with Crippen LogP contribution in [0.15, 0.2) is 58.2 Å². The number of furan rings is 1. The molecule has 0 radical (unpaired) electrons. The zero-order valence-corrected chi connectivity index (χ0v) is 18.1. The van der Waals surface area contributed by atoms with Crippen LogP contribution in [0.25, 0.3) is 0 Å². The fraction of sp³-hybridized carbons (Fsp3) is 0.348. The average molecular weight is 423 g/mol. The first kappa shape index (κ1) is 20.5. The van der Waals surface area contributed by atoms with Crippen molar-refractivity contribution in [3.63, 3.8) is 0 Å². The lowest BCUT2D eigenvalue weighted by Gasteiger charge is -2.33. The van der Waals surface area contributed by atoms with Crippen molar-refractivity contribution in [2.24, 2.45) is 0 Å². The molecular weight excluding hydrogens is 396 g/mol. The summed E-state index contributed by atoms with van der Waals surface area (Å²) in [7, 11) is 0. The summed E-state index contributed by atoms with van der Waals surface area (Å²) in [4.78, 5) is 23.9. The summed E-state index contributed by atoms with van der Waals surface area (Å²) in [6.45, 7) is 5.37. The van der Waals surface area contributed by atoms with Crippen LogP contribution in [0.5, 0.6) is 0 Å². The Bertz CT molecular complexity index is 997. The Balaban J connectivity index is 1.30. The van der Waals surface area contributed by atoms with Gasteiger partial charge in [0.05, 0.1) is 18.0 Å². The number of piperidine rings is 1. The quantitative estimate of drug-likeness (QED) is 0.595. The molecule has 1 fully saturated rings. The highest BCUT2D eigenvalue weighted by molar-refractivity contribution is 7.98. The number of nitrogens with one attached hydrogen (secondary N) is 1. The van der Waals surface area contributed by atoms with E-state index in [0.717, 1.165) is 48.3 Å². The van der Waals surface area contributed by atoms with Crippen LogP contribution in [0.4, 0.5) is 5.82 Å². The Labute approximate surface area is 181 Å². The Morgan fingerprint density at radius 1 is 1.20 bits per heavy atom. The van der Waals surface area contributed by atoms with Crippen molar-refractivity contribution in [2.75, 3.05) is 18.0 Å². The molecule has 1 saturated heterocycles. The van der Waals surface area contributed by atoms with E-state index in [2.05, 4.69) is 39.5 Å². The molecule has 7 heteroatoms. The number of nitrogens with zero attached hydrogens (tertiary/aromatic N) is 3. The molecule has 0 atom stereocenters. The highest BCUT2D eigenvalue weighted by Crippen LogP contribution is 2.24. The van der Waals surface area contributed by atoms with Gasteiger partial charge >= 0.3 is 0 Å². The third-order valence-corrected chi connectivity index (χ3v) is 6.24. The Morgan fingerprint density at radius 3 is 2.67 bits per heavy atom. The van der Waals surface area contributed by atoms with Gasteiger partial charge in [0.2, 0.25) is 0 Å². The lowest BCUT2D eigenvalue weighted by atomic mass is 10.0. The Morgan fingerprint density at radius 2 is 1.97 bits per heavy atom. The van der Waals surface area contributed by atoms with E-state index in [1.807, 2.05) is 32.3 Å². The minimum atomic E-state index is -0.0538. The predicted octanol–water partition coefficient (Wildman–Crippen LogP) is 4.38. The lowest BCUT2D eigenvalue weighted by Crippen LogP contribution is -2.45. The second kappa shape index (κ2) is 9.34. The van der Waals surface area contributed by atoms with Gasteiger partial charge in [-0.15, -0.1) is 11.8 Å². The van der Waals surface area contributed by atoms with Gasteiger partial charge in [0.15, 0.2) is 0 Å². The van der Waals surface area contributed by atoms with Crippen molar-refractivity contribution < 1.29 is 9.21 Å². The number of aromatic nitrogens is 2. The summed E-state index contributed by atoms with van der Waals surface area (Å²) in [6.07, 6.45) is 5.40. The number of carbonyl (C=O) groups excluding carboxylic acids is 1. The van der Waals surface area contributed by atoms with Crippen molar-refractivity contribution in [1.82, 2.24) is 15.3 Å². The molecule has 1 aliphatic rings. The number of hydrogen-bond acceptors (Lipinski definition) is 6. The van der Waals surface area contributed by atoms with Gasteiger partial charge in [-0.3, -0.25) is 9.78 Å². The van der Waals surface area contributed by atoms with Gasteiger partial charge in [-0.1, -0.05) is 30.3 Å². The number of aryl methyl sites for hydroxylation is 2. The SMILES string of the molecule is Cc1cc(C(=O)NC2CCN(c3cncc(SCc4ccccc4)n3)CC2)c(C)o1. The topological polar surface area (TPSA) is 71.3 Å². The largest absolute Gasteiger partial charge is 0.466 e. The van der Waals surface area contributed by atoms with Gasteiger partial charge in [0.1, 0.15) is 22.4 Å². The molecule has 1 aliphatic heterocycles. The maximum atomic E-state index is 12.5. The van der Waals surface area contributed by atoms with Gasteiger partial charge in [-0.2, -0.15) is 0 Å². The van der Waals surface area contributed by atoms with Gasteiger partial charge in [0, 0.05) is 24.9 Å². The van der Waals surface area contributed by atoms with Crippen LogP contribution < -0.4 is 10.2 Å². The molecule has 1 N–H and O–H groups in total. The monoisotopic (exact) mass is 422 g/mol. The number of rotatable bonds is 6. The van der Waals surface area contributed by atoms with E-state index in [0.29, 0.717) is 11.3 Å². The first-order chi connectivity index (χ1) is 14.6. The number of thioether (sulfide) groups is 1. The van der Waals surface area contributed by atoms with Crippen LogP contribution in [0.1, 0.15) is 40.3 Å². The first-order valence-electron chi connectivity index (χ1n) is 10.2. The minimum absolute atomic E-state index is 0.0538. The van der Waals surface area contributed by atoms with Crippen LogP contribution >= 0.6 is 11.8 Å². The van der Waals surface area contributed by atoms with Crippen molar-refractivity contribution in [1.29, 1.82) is 0 Å². The maximum Gasteiger partial charge on any atom is 0.255 e. The molecule has 1 amide bonds. The van der Waals surface area contributed by atoms with Crippen molar-refractivity contribution in [3.8, 4) is 0 Å².